The van der Waals surface area contributed by atoms with E-state index in [1.54, 1.807) is 41.5 Å². The number of carboxylic acid groups (broad SMARTS) is 2. The van der Waals surface area contributed by atoms with Gasteiger partial charge in [-0.1, -0.05) is 27.7 Å². The molecular formula is C42H76N2O17. The molecule has 9 N–H and O–H groups in total. The second-order valence-corrected chi connectivity index (χ2v) is 18.3. The zero-order chi connectivity index (χ0) is 47.1. The highest BCUT2D eigenvalue weighted by molar-refractivity contribution is 5.83. The lowest BCUT2D eigenvalue weighted by atomic mass is 9.74. The van der Waals surface area contributed by atoms with Gasteiger partial charge < -0.3 is 74.8 Å². The van der Waals surface area contributed by atoms with Crippen LogP contribution in [0.3, 0.4) is 0 Å². The van der Waals surface area contributed by atoms with Gasteiger partial charge in [0.1, 0.15) is 35.7 Å². The Morgan fingerprint density at radius 3 is 2.02 bits per heavy atom. The lowest BCUT2D eigenvalue weighted by molar-refractivity contribution is -0.318. The molecule has 0 amide bonds. The summed E-state index contributed by atoms with van der Waals surface area (Å²) in [5, 5.41) is 73.9. The number of nitrogens with zero attached hydrogens (tertiary/aromatic N) is 1. The normalized spacial score (nSPS) is 43.6. The Kier molecular flexibility index (Phi) is 20.2. The van der Waals surface area contributed by atoms with Crippen molar-refractivity contribution >= 4 is 23.7 Å². The number of ether oxygens (including phenoxy) is 6. The summed E-state index contributed by atoms with van der Waals surface area (Å²) in [4.78, 5) is 49.6. The quantitative estimate of drug-likeness (QED) is 0.135. The molecule has 3 aliphatic heterocycles. The standard InChI is InChI=1S/C37H67NO13.C5H9NO4/c1-14-25-37(10,45)30(41)20(4)27(39)18(2)16-35(8,44)32(51-34-28(40)24(38(11)12)15-19(3)47-34)21(5)29(22(6)33(43)49-25)50-26-17-36(9,46-13)31(42)23(7)48-26;6-3(5(9)10)1-2-4(7)8/h18-26,28-32,34,40-42,44-45H,14-17H2,1-13H3;3H,1-2,6H2,(H,7,8)(H,9,10)/t18-,19+,20+,21+,22-,23+,24-,25-,26+,28+,29+,30-,31+,32-,34-,35-,36-,37-;/m1./s1. The Hall–Kier alpha value is -2.40. The summed E-state index contributed by atoms with van der Waals surface area (Å²) in [5.41, 5.74) is 0.163. The summed E-state index contributed by atoms with van der Waals surface area (Å²) < 4.78 is 37.1. The first-order valence-corrected chi connectivity index (χ1v) is 21.2. The van der Waals surface area contributed by atoms with E-state index in [4.69, 9.17) is 44.4 Å². The second kappa shape index (κ2) is 22.5. The van der Waals surface area contributed by atoms with E-state index in [1.807, 2.05) is 25.9 Å². The van der Waals surface area contributed by atoms with Gasteiger partial charge in [-0.25, -0.2) is 0 Å². The molecule has 0 bridgehead atoms. The van der Waals surface area contributed by atoms with Gasteiger partial charge in [0, 0.05) is 43.7 Å². The number of aliphatic hydroxyl groups is 5. The lowest BCUT2D eigenvalue weighted by Crippen LogP contribution is -2.61. The number of esters is 1. The fraction of sp³-hybridized carbons (Fsp3) is 0.905. The number of cyclic esters (lactones) is 1. The van der Waals surface area contributed by atoms with Crippen LogP contribution in [0.5, 0.6) is 0 Å². The van der Waals surface area contributed by atoms with Crippen molar-refractivity contribution in [1.82, 2.24) is 4.90 Å². The third kappa shape index (κ3) is 13.8. The molecule has 3 saturated heterocycles. The molecule has 0 aromatic heterocycles. The smallest absolute Gasteiger partial charge is 0.320 e. The van der Waals surface area contributed by atoms with Crippen LogP contribution in [0.4, 0.5) is 0 Å². The highest BCUT2D eigenvalue weighted by Gasteiger charge is 2.53. The third-order valence-corrected chi connectivity index (χ3v) is 12.8. The van der Waals surface area contributed by atoms with E-state index in [9.17, 15) is 44.7 Å². The maximum atomic E-state index is 14.1. The van der Waals surface area contributed by atoms with E-state index in [0.717, 1.165) is 0 Å². The number of ketones is 1. The average molecular weight is 881 g/mol. The molecule has 3 heterocycles. The first-order chi connectivity index (χ1) is 28.0. The Bertz CT molecular complexity index is 1450. The number of Topliss-reactive ketones (excluding diaryl/α,β-unsaturated/α-hetero) is 1. The minimum Gasteiger partial charge on any atom is -0.481 e. The molecule has 0 radical (unpaired) electrons. The van der Waals surface area contributed by atoms with E-state index >= 15 is 0 Å². The summed E-state index contributed by atoms with van der Waals surface area (Å²) in [6, 6.07) is -1.38. The molecule has 3 aliphatic rings. The number of carboxylic acids is 2. The first kappa shape index (κ1) is 54.7. The molecule has 3 rings (SSSR count). The van der Waals surface area contributed by atoms with Gasteiger partial charge in [-0.15, -0.1) is 0 Å². The molecule has 0 aliphatic carbocycles. The fourth-order valence-electron chi connectivity index (χ4n) is 8.81. The Morgan fingerprint density at radius 1 is 0.918 bits per heavy atom. The van der Waals surface area contributed by atoms with E-state index in [1.165, 1.54) is 27.9 Å². The van der Waals surface area contributed by atoms with Gasteiger partial charge in [0.25, 0.3) is 0 Å². The number of rotatable bonds is 11. The van der Waals surface area contributed by atoms with Crippen LogP contribution >= 0.6 is 0 Å². The van der Waals surface area contributed by atoms with E-state index < -0.39 is 126 Å². The lowest BCUT2D eigenvalue weighted by Gasteiger charge is -2.49. The number of carbonyl (C=O) groups is 4. The molecule has 0 saturated carbocycles. The summed E-state index contributed by atoms with van der Waals surface area (Å²) in [6.45, 7) is 16.3. The number of aliphatic hydroxyl groups excluding tert-OH is 3. The summed E-state index contributed by atoms with van der Waals surface area (Å²) >= 11 is 0. The number of likely N-dealkylation sites (N-methyl/N-ethyl adjacent to an activating group) is 1. The van der Waals surface area contributed by atoms with Gasteiger partial charge in [-0.2, -0.15) is 0 Å². The van der Waals surface area contributed by atoms with Gasteiger partial charge in [-0.3, -0.25) is 19.2 Å². The molecule has 61 heavy (non-hydrogen) atoms. The second-order valence-electron chi connectivity index (χ2n) is 18.3. The molecular weight excluding hydrogens is 804 g/mol. The third-order valence-electron chi connectivity index (χ3n) is 12.8. The van der Waals surface area contributed by atoms with Crippen LogP contribution in [-0.4, -0.2) is 176 Å². The van der Waals surface area contributed by atoms with Crippen LogP contribution in [0.15, 0.2) is 0 Å². The van der Waals surface area contributed by atoms with Crippen molar-refractivity contribution in [3.8, 4) is 0 Å². The molecule has 19 heteroatoms. The van der Waals surface area contributed by atoms with Crippen molar-refractivity contribution in [1.29, 1.82) is 0 Å². The van der Waals surface area contributed by atoms with Crippen LogP contribution in [0.1, 0.15) is 108 Å². The van der Waals surface area contributed by atoms with E-state index in [0.29, 0.717) is 6.42 Å². The number of hydrogen-bond acceptors (Lipinski definition) is 17. The Morgan fingerprint density at radius 2 is 1.51 bits per heavy atom. The number of aliphatic carboxylic acids is 2. The molecule has 356 valence electrons. The van der Waals surface area contributed by atoms with E-state index in [-0.39, 0.29) is 44.2 Å². The molecule has 19 atom stereocenters. The molecule has 0 spiro atoms. The molecule has 1 unspecified atom stereocenters. The monoisotopic (exact) mass is 881 g/mol. The van der Waals surface area contributed by atoms with E-state index in [2.05, 4.69) is 0 Å². The minimum absolute atomic E-state index is 0.0231. The molecule has 3 fully saturated rings. The maximum absolute atomic E-state index is 14.1. The van der Waals surface area contributed by atoms with Crippen molar-refractivity contribution in [2.24, 2.45) is 29.4 Å². The van der Waals surface area contributed by atoms with Crippen molar-refractivity contribution in [2.75, 3.05) is 21.2 Å². The number of hydrogen-bond donors (Lipinski definition) is 8. The Balaban J connectivity index is 0.00000113. The number of nitrogens with two attached hydrogens (primary N) is 1. The van der Waals surface area contributed by atoms with Crippen LogP contribution in [-0.2, 0) is 47.6 Å². The summed E-state index contributed by atoms with van der Waals surface area (Å²) in [7, 11) is 5.18. The average Bonchev–Trinajstić information content (AvgIpc) is 3.17. The van der Waals surface area contributed by atoms with Crippen molar-refractivity contribution < 1.29 is 83.3 Å². The van der Waals surface area contributed by atoms with Crippen molar-refractivity contribution in [2.45, 2.75) is 198 Å². The molecule has 0 aromatic rings. The topological polar surface area (TPSA) is 295 Å². The van der Waals surface area contributed by atoms with Gasteiger partial charge in [0.2, 0.25) is 0 Å². The predicted molar refractivity (Wildman–Crippen MR) is 219 cm³/mol. The van der Waals surface area contributed by atoms with Crippen LogP contribution < -0.4 is 5.73 Å². The molecule has 19 nitrogen and oxygen atoms in total. The van der Waals surface area contributed by atoms with Gasteiger partial charge >= 0.3 is 17.9 Å². The van der Waals surface area contributed by atoms with Crippen LogP contribution in [0.2, 0.25) is 0 Å². The largest absolute Gasteiger partial charge is 0.481 e. The highest BCUT2D eigenvalue weighted by Crippen LogP contribution is 2.40. The first-order valence-electron chi connectivity index (χ1n) is 21.2. The van der Waals surface area contributed by atoms with Gasteiger partial charge in [-0.05, 0) is 81.3 Å². The summed E-state index contributed by atoms with van der Waals surface area (Å²) in [5.74, 6) is -7.17. The van der Waals surface area contributed by atoms with Crippen molar-refractivity contribution in [3.05, 3.63) is 0 Å². The SMILES string of the molecule is CC[C@H]1OC(=O)[C@H](C)[C@@H](O[C@H]2C[C@@](C)(OC)[C@@H](O)[C@H](C)O2)[C@H](C)[C@@H](O[C@H]2O[C@@H](C)C[C@@H](N(C)C)[C@@H]2O)[C@](C)(O)C[C@@H](C)C(=O)[C@H](C)[C@@H](O)[C@]1(C)O.NC(CCC(=O)O)C(=O)O. The maximum Gasteiger partial charge on any atom is 0.320 e. The molecule has 0 aromatic carbocycles. The predicted octanol–water partition coefficient (Wildman–Crippen LogP) is 1.05. The number of methoxy groups -OCH3 is 1. The number of carbonyl (C=O) groups excluding carboxylic acids is 2. The van der Waals surface area contributed by atoms with Crippen molar-refractivity contribution in [3.63, 3.8) is 0 Å². The van der Waals surface area contributed by atoms with Gasteiger partial charge in [0.15, 0.2) is 12.6 Å². The minimum atomic E-state index is -1.99. The summed E-state index contributed by atoms with van der Waals surface area (Å²) in [6.07, 6.45) is -9.93. The fourth-order valence-corrected chi connectivity index (χ4v) is 8.81. The highest BCUT2D eigenvalue weighted by atomic mass is 16.7. The zero-order valence-corrected chi connectivity index (χ0v) is 38.2. The van der Waals surface area contributed by atoms with Gasteiger partial charge in [0.05, 0.1) is 47.6 Å². The Labute approximate surface area is 360 Å². The van der Waals surface area contributed by atoms with Crippen LogP contribution in [0.25, 0.3) is 0 Å². The van der Waals surface area contributed by atoms with Crippen LogP contribution in [0, 0.1) is 23.7 Å². The zero-order valence-electron chi connectivity index (χ0n) is 38.2.